The maximum atomic E-state index is 13.4. The molecule has 0 fully saturated rings. The average molecular weight is 452 g/mol. The molecule has 1 N–H and O–H groups in total. The summed E-state index contributed by atoms with van der Waals surface area (Å²) in [6.45, 7) is 7.56. The summed E-state index contributed by atoms with van der Waals surface area (Å²) < 4.78 is 13.4. The maximum absolute atomic E-state index is 13.4. The van der Waals surface area contributed by atoms with Crippen LogP contribution in [0.25, 0.3) is 10.9 Å². The molecule has 2 amide bonds. The van der Waals surface area contributed by atoms with Crippen molar-refractivity contribution in [2.75, 3.05) is 19.6 Å². The minimum atomic E-state index is -0.302. The van der Waals surface area contributed by atoms with Crippen LogP contribution in [-0.2, 0) is 22.6 Å². The fourth-order valence-corrected chi connectivity index (χ4v) is 4.03. The van der Waals surface area contributed by atoms with Crippen LogP contribution >= 0.6 is 0 Å². The van der Waals surface area contributed by atoms with E-state index >= 15 is 0 Å². The Balaban J connectivity index is 1.77. The molecule has 0 atom stereocenters. The molecule has 0 aliphatic carbocycles. The number of para-hydroxylation sites is 1. The number of carbonyl (C=O) groups excluding carboxylic acids is 2. The minimum Gasteiger partial charge on any atom is -0.361 e. The zero-order valence-corrected chi connectivity index (χ0v) is 19.8. The van der Waals surface area contributed by atoms with Crippen LogP contribution in [0.4, 0.5) is 4.39 Å². The number of H-pyrrole nitrogens is 1. The molecule has 0 saturated carbocycles. The third kappa shape index (κ3) is 6.91. The first-order valence-electron chi connectivity index (χ1n) is 11.7. The van der Waals surface area contributed by atoms with E-state index in [1.54, 1.807) is 21.9 Å². The van der Waals surface area contributed by atoms with E-state index in [0.29, 0.717) is 32.5 Å². The molecular formula is C27H34FN3O2. The highest BCUT2D eigenvalue weighted by Gasteiger charge is 2.22. The summed E-state index contributed by atoms with van der Waals surface area (Å²) in [5.41, 5.74) is 3.07. The number of hydrogen-bond donors (Lipinski definition) is 1. The van der Waals surface area contributed by atoms with Crippen molar-refractivity contribution in [2.45, 2.75) is 46.6 Å². The molecular weight excluding hydrogens is 417 g/mol. The van der Waals surface area contributed by atoms with Crippen LogP contribution in [-0.4, -0.2) is 46.2 Å². The van der Waals surface area contributed by atoms with Crippen LogP contribution < -0.4 is 0 Å². The van der Waals surface area contributed by atoms with Gasteiger partial charge in [-0.15, -0.1) is 0 Å². The predicted octanol–water partition coefficient (Wildman–Crippen LogP) is 5.16. The fourth-order valence-electron chi connectivity index (χ4n) is 4.03. The number of rotatable bonds is 11. The lowest BCUT2D eigenvalue weighted by atomic mass is 10.1. The number of nitrogens with zero attached hydrogens (tertiary/aromatic N) is 2. The molecule has 0 unspecified atom stereocenters. The van der Waals surface area contributed by atoms with Crippen molar-refractivity contribution in [3.05, 3.63) is 71.7 Å². The molecule has 3 rings (SSSR count). The van der Waals surface area contributed by atoms with E-state index in [2.05, 4.69) is 11.1 Å². The first kappa shape index (κ1) is 24.5. The first-order valence-corrected chi connectivity index (χ1v) is 11.7. The molecule has 33 heavy (non-hydrogen) atoms. The van der Waals surface area contributed by atoms with E-state index in [0.717, 1.165) is 28.5 Å². The van der Waals surface area contributed by atoms with Crippen LogP contribution in [0.15, 0.2) is 54.7 Å². The first-order chi connectivity index (χ1) is 15.9. The quantitative estimate of drug-likeness (QED) is 0.438. The van der Waals surface area contributed by atoms with Crippen LogP contribution in [0, 0.1) is 11.7 Å². The minimum absolute atomic E-state index is 0.0120. The SMILES string of the molecule is CCCC(=O)N(CC(=O)N(CCc1c[nH]c2ccccc12)Cc1ccc(F)cc1)CC(C)C. The second kappa shape index (κ2) is 11.6. The van der Waals surface area contributed by atoms with Crippen molar-refractivity contribution in [3.63, 3.8) is 0 Å². The van der Waals surface area contributed by atoms with Crippen LogP contribution in [0.3, 0.4) is 0 Å². The molecule has 5 nitrogen and oxygen atoms in total. The van der Waals surface area contributed by atoms with Gasteiger partial charge in [-0.25, -0.2) is 4.39 Å². The van der Waals surface area contributed by atoms with Gasteiger partial charge in [0.2, 0.25) is 11.8 Å². The van der Waals surface area contributed by atoms with Gasteiger partial charge in [-0.2, -0.15) is 0 Å². The number of fused-ring (bicyclic) bond motifs is 1. The second-order valence-electron chi connectivity index (χ2n) is 8.97. The Morgan fingerprint density at radius 3 is 2.42 bits per heavy atom. The molecule has 6 heteroatoms. The van der Waals surface area contributed by atoms with Gasteiger partial charge in [-0.3, -0.25) is 9.59 Å². The van der Waals surface area contributed by atoms with E-state index in [1.165, 1.54) is 12.1 Å². The maximum Gasteiger partial charge on any atom is 0.242 e. The Morgan fingerprint density at radius 1 is 1.00 bits per heavy atom. The highest BCUT2D eigenvalue weighted by molar-refractivity contribution is 5.85. The van der Waals surface area contributed by atoms with E-state index in [-0.39, 0.29) is 30.1 Å². The van der Waals surface area contributed by atoms with Crippen LogP contribution in [0.5, 0.6) is 0 Å². The standard InChI is InChI=1S/C27H34FN3O2/c1-4-7-26(32)31(17-20(2)3)19-27(33)30(18-21-10-12-23(28)13-11-21)15-14-22-16-29-25-9-6-5-8-24(22)25/h5-6,8-13,16,20,29H,4,7,14-15,17-19H2,1-3H3. The summed E-state index contributed by atoms with van der Waals surface area (Å²) >= 11 is 0. The van der Waals surface area contributed by atoms with Gasteiger partial charge < -0.3 is 14.8 Å². The number of aromatic nitrogens is 1. The van der Waals surface area contributed by atoms with Crippen molar-refractivity contribution in [1.29, 1.82) is 0 Å². The van der Waals surface area contributed by atoms with Gasteiger partial charge in [0.25, 0.3) is 0 Å². The van der Waals surface area contributed by atoms with Crippen LogP contribution in [0.2, 0.25) is 0 Å². The second-order valence-corrected chi connectivity index (χ2v) is 8.97. The third-order valence-corrected chi connectivity index (χ3v) is 5.69. The van der Waals surface area contributed by atoms with Gasteiger partial charge in [0.1, 0.15) is 5.82 Å². The molecule has 0 bridgehead atoms. The molecule has 1 heterocycles. The molecule has 3 aromatic rings. The monoisotopic (exact) mass is 451 g/mol. The number of nitrogens with one attached hydrogen (secondary N) is 1. The fraction of sp³-hybridized carbons (Fsp3) is 0.407. The molecule has 0 aliphatic heterocycles. The van der Waals surface area contributed by atoms with E-state index < -0.39 is 0 Å². The predicted molar refractivity (Wildman–Crippen MR) is 130 cm³/mol. The van der Waals surface area contributed by atoms with Crippen molar-refractivity contribution >= 4 is 22.7 Å². The van der Waals surface area contributed by atoms with Gasteiger partial charge in [0.15, 0.2) is 0 Å². The Labute approximate surface area is 195 Å². The lowest BCUT2D eigenvalue weighted by Crippen LogP contribution is -2.44. The zero-order chi connectivity index (χ0) is 23.8. The Kier molecular flexibility index (Phi) is 8.64. The van der Waals surface area contributed by atoms with E-state index in [1.807, 2.05) is 45.2 Å². The summed E-state index contributed by atoms with van der Waals surface area (Å²) in [5, 5.41) is 1.14. The molecule has 176 valence electrons. The van der Waals surface area contributed by atoms with Gasteiger partial charge in [0, 0.05) is 43.2 Å². The number of carbonyl (C=O) groups is 2. The Hall–Kier alpha value is -3.15. The normalized spacial score (nSPS) is 11.2. The number of amides is 2. The summed E-state index contributed by atoms with van der Waals surface area (Å²) in [6.07, 6.45) is 3.86. The van der Waals surface area contributed by atoms with E-state index in [9.17, 15) is 14.0 Å². The van der Waals surface area contributed by atoms with Gasteiger partial charge in [0.05, 0.1) is 6.54 Å². The summed E-state index contributed by atoms with van der Waals surface area (Å²) in [7, 11) is 0. The van der Waals surface area contributed by atoms with Crippen molar-refractivity contribution in [2.24, 2.45) is 5.92 Å². The molecule has 0 radical (unpaired) electrons. The van der Waals surface area contributed by atoms with Crippen LogP contribution in [0.1, 0.15) is 44.7 Å². The summed E-state index contributed by atoms with van der Waals surface area (Å²) in [5.74, 6) is -0.110. The van der Waals surface area contributed by atoms with E-state index in [4.69, 9.17) is 0 Å². The number of benzene rings is 2. The number of hydrogen-bond acceptors (Lipinski definition) is 2. The number of halogens is 1. The lowest BCUT2D eigenvalue weighted by Gasteiger charge is -2.29. The molecule has 1 aromatic heterocycles. The Morgan fingerprint density at radius 2 is 1.73 bits per heavy atom. The van der Waals surface area contributed by atoms with Gasteiger partial charge in [-0.1, -0.05) is 51.1 Å². The zero-order valence-electron chi connectivity index (χ0n) is 19.8. The molecule has 0 spiro atoms. The molecule has 0 aliphatic rings. The molecule has 0 saturated heterocycles. The topological polar surface area (TPSA) is 56.4 Å². The van der Waals surface area contributed by atoms with Crippen molar-refractivity contribution in [1.82, 2.24) is 14.8 Å². The highest BCUT2D eigenvalue weighted by atomic mass is 19.1. The highest BCUT2D eigenvalue weighted by Crippen LogP contribution is 2.19. The van der Waals surface area contributed by atoms with Gasteiger partial charge in [-0.05, 0) is 48.1 Å². The summed E-state index contributed by atoms with van der Waals surface area (Å²) in [6, 6.07) is 14.3. The van der Waals surface area contributed by atoms with Gasteiger partial charge >= 0.3 is 0 Å². The average Bonchev–Trinajstić information content (AvgIpc) is 3.20. The largest absolute Gasteiger partial charge is 0.361 e. The molecule has 2 aromatic carbocycles. The van der Waals surface area contributed by atoms with Crippen molar-refractivity contribution in [3.8, 4) is 0 Å². The third-order valence-electron chi connectivity index (χ3n) is 5.69. The summed E-state index contributed by atoms with van der Waals surface area (Å²) in [4.78, 5) is 32.8. The number of aromatic amines is 1. The Bertz CT molecular complexity index is 1060. The smallest absolute Gasteiger partial charge is 0.242 e. The van der Waals surface area contributed by atoms with Crippen molar-refractivity contribution < 1.29 is 14.0 Å². The lowest BCUT2D eigenvalue weighted by molar-refractivity contribution is -0.141.